The average Bonchev–Trinajstić information content (AvgIpc) is 3.06. The molecule has 30 heavy (non-hydrogen) atoms. The number of halogens is 1. The third-order valence-corrected chi connectivity index (χ3v) is 6.60. The number of carbonyl (C=O) groups is 2. The molecule has 1 aliphatic carbocycles. The van der Waals surface area contributed by atoms with E-state index in [0.717, 1.165) is 31.2 Å². The van der Waals surface area contributed by atoms with Crippen LogP contribution >= 0.6 is 39.5 Å². The molecule has 1 aromatic carbocycles. The van der Waals surface area contributed by atoms with Crippen molar-refractivity contribution in [3.05, 3.63) is 44.2 Å². The van der Waals surface area contributed by atoms with Crippen molar-refractivity contribution in [1.82, 2.24) is 5.32 Å². The van der Waals surface area contributed by atoms with Gasteiger partial charge < -0.3 is 14.8 Å². The van der Waals surface area contributed by atoms with E-state index in [-0.39, 0.29) is 17.1 Å². The summed E-state index contributed by atoms with van der Waals surface area (Å²) in [5.74, 6) is -0.0879. The molecule has 160 valence electrons. The molecule has 0 unspecified atom stereocenters. The van der Waals surface area contributed by atoms with Crippen LogP contribution in [0.15, 0.2) is 22.7 Å². The van der Waals surface area contributed by atoms with E-state index in [9.17, 15) is 9.59 Å². The molecular formula is C21H23BrN2O4S2. The number of amides is 1. The summed E-state index contributed by atoms with van der Waals surface area (Å²) >= 11 is 10.2. The van der Waals surface area contributed by atoms with Crippen molar-refractivity contribution in [2.45, 2.75) is 45.6 Å². The molecule has 0 fully saturated rings. The van der Waals surface area contributed by atoms with E-state index in [1.54, 1.807) is 18.2 Å². The highest BCUT2D eigenvalue weighted by Crippen LogP contribution is 2.38. The second-order valence-corrected chi connectivity index (χ2v) is 9.49. The largest absolute Gasteiger partial charge is 0.490 e. The van der Waals surface area contributed by atoms with Crippen molar-refractivity contribution < 1.29 is 19.1 Å². The summed E-state index contributed by atoms with van der Waals surface area (Å²) in [6.07, 6.45) is 3.94. The summed E-state index contributed by atoms with van der Waals surface area (Å²) in [4.78, 5) is 26.1. The fourth-order valence-electron chi connectivity index (χ4n) is 3.27. The summed E-state index contributed by atoms with van der Waals surface area (Å²) in [5.41, 5.74) is 1.98. The minimum Gasteiger partial charge on any atom is -0.490 e. The van der Waals surface area contributed by atoms with Gasteiger partial charge in [0.1, 0.15) is 10.8 Å². The average molecular weight is 511 g/mol. The highest BCUT2D eigenvalue weighted by molar-refractivity contribution is 9.10. The monoisotopic (exact) mass is 510 g/mol. The Kier molecular flexibility index (Phi) is 7.49. The molecule has 0 bridgehead atoms. The van der Waals surface area contributed by atoms with Crippen LogP contribution in [0.3, 0.4) is 0 Å². The number of rotatable bonds is 5. The normalized spacial score (nSPS) is 12.8. The minimum atomic E-state index is -0.393. The number of ether oxygens (including phenoxy) is 2. The lowest BCUT2D eigenvalue weighted by Crippen LogP contribution is -2.34. The first kappa shape index (κ1) is 22.7. The van der Waals surface area contributed by atoms with Gasteiger partial charge in [-0.1, -0.05) is 0 Å². The Labute approximate surface area is 193 Å². The van der Waals surface area contributed by atoms with E-state index in [1.165, 1.54) is 23.3 Å². The number of thiocarbonyl (C=S) groups is 1. The Morgan fingerprint density at radius 3 is 2.63 bits per heavy atom. The lowest BCUT2D eigenvalue weighted by Gasteiger charge is -2.13. The van der Waals surface area contributed by atoms with Crippen molar-refractivity contribution in [2.24, 2.45) is 0 Å². The molecule has 1 aromatic heterocycles. The van der Waals surface area contributed by atoms with E-state index < -0.39 is 5.97 Å². The van der Waals surface area contributed by atoms with Gasteiger partial charge in [0, 0.05) is 10.4 Å². The standard InChI is InChI=1S/C21H23BrN2O4S2/c1-11(2)28-15-9-8-12(10-14(15)22)18(25)23-21(29)24-19-17(20(26)27-3)13-6-4-5-7-16(13)30-19/h8-11H,4-7H2,1-3H3,(H2,23,24,25,29). The molecule has 2 N–H and O–H groups in total. The first-order chi connectivity index (χ1) is 14.3. The predicted molar refractivity (Wildman–Crippen MR) is 126 cm³/mol. The van der Waals surface area contributed by atoms with Crippen molar-refractivity contribution in [3.8, 4) is 5.75 Å². The van der Waals surface area contributed by atoms with E-state index in [0.29, 0.717) is 26.4 Å². The zero-order valence-electron chi connectivity index (χ0n) is 17.0. The predicted octanol–water partition coefficient (Wildman–Crippen LogP) is 5.09. The summed E-state index contributed by atoms with van der Waals surface area (Å²) < 4.78 is 11.3. The minimum absolute atomic E-state index is 0.0263. The Hall–Kier alpha value is -1.97. The van der Waals surface area contributed by atoms with Crippen molar-refractivity contribution >= 4 is 61.5 Å². The molecule has 0 saturated heterocycles. The molecule has 0 radical (unpaired) electrons. The van der Waals surface area contributed by atoms with Gasteiger partial charge in [-0.15, -0.1) is 11.3 Å². The highest BCUT2D eigenvalue weighted by atomic mass is 79.9. The van der Waals surface area contributed by atoms with E-state index in [1.807, 2.05) is 13.8 Å². The molecule has 1 aliphatic rings. The third kappa shape index (κ3) is 5.19. The number of esters is 1. The maximum atomic E-state index is 12.6. The lowest BCUT2D eigenvalue weighted by molar-refractivity contribution is 0.0601. The molecule has 3 rings (SSSR count). The molecule has 0 atom stereocenters. The second-order valence-electron chi connectivity index (χ2n) is 7.13. The SMILES string of the molecule is COC(=O)c1c(NC(=S)NC(=O)c2ccc(OC(C)C)c(Br)c2)sc2c1CCCC2. The Morgan fingerprint density at radius 2 is 1.97 bits per heavy atom. The molecule has 0 aliphatic heterocycles. The smallest absolute Gasteiger partial charge is 0.341 e. The number of methoxy groups -OCH3 is 1. The van der Waals surface area contributed by atoms with Crippen LogP contribution in [0.25, 0.3) is 0 Å². The molecular weight excluding hydrogens is 488 g/mol. The van der Waals surface area contributed by atoms with Crippen LogP contribution in [-0.4, -0.2) is 30.2 Å². The molecule has 2 aromatic rings. The van der Waals surface area contributed by atoms with Gasteiger partial charge in [-0.3, -0.25) is 10.1 Å². The van der Waals surface area contributed by atoms with Gasteiger partial charge in [0.05, 0.1) is 23.2 Å². The Morgan fingerprint density at radius 1 is 1.23 bits per heavy atom. The van der Waals surface area contributed by atoms with E-state index in [2.05, 4.69) is 26.6 Å². The topological polar surface area (TPSA) is 76.7 Å². The quantitative estimate of drug-likeness (QED) is 0.430. The van der Waals surface area contributed by atoms with Crippen molar-refractivity contribution in [2.75, 3.05) is 12.4 Å². The maximum Gasteiger partial charge on any atom is 0.341 e. The molecule has 1 amide bonds. The molecule has 0 saturated carbocycles. The van der Waals surface area contributed by atoms with Crippen LogP contribution in [0.1, 0.15) is 57.8 Å². The van der Waals surface area contributed by atoms with Gasteiger partial charge in [0.2, 0.25) is 0 Å². The number of thiophene rings is 1. The number of nitrogens with one attached hydrogen (secondary N) is 2. The number of hydrogen-bond donors (Lipinski definition) is 2. The number of hydrogen-bond acceptors (Lipinski definition) is 6. The van der Waals surface area contributed by atoms with Gasteiger partial charge in [-0.25, -0.2) is 4.79 Å². The van der Waals surface area contributed by atoms with Crippen LogP contribution in [0.5, 0.6) is 5.75 Å². The van der Waals surface area contributed by atoms with Gasteiger partial charge in [0.15, 0.2) is 5.11 Å². The highest BCUT2D eigenvalue weighted by Gasteiger charge is 2.26. The van der Waals surface area contributed by atoms with Gasteiger partial charge in [-0.2, -0.15) is 0 Å². The fraction of sp³-hybridized carbons (Fsp3) is 0.381. The summed E-state index contributed by atoms with van der Waals surface area (Å²) in [6.45, 7) is 3.87. The summed E-state index contributed by atoms with van der Waals surface area (Å²) in [5, 5.41) is 6.43. The zero-order chi connectivity index (χ0) is 21.8. The number of benzene rings is 1. The number of fused-ring (bicyclic) bond motifs is 1. The first-order valence-corrected chi connectivity index (χ1v) is 11.6. The van der Waals surface area contributed by atoms with Crippen LogP contribution in [0.4, 0.5) is 5.00 Å². The Bertz CT molecular complexity index is 988. The maximum absolute atomic E-state index is 12.6. The first-order valence-electron chi connectivity index (χ1n) is 9.61. The second kappa shape index (κ2) is 9.89. The van der Waals surface area contributed by atoms with Crippen LogP contribution < -0.4 is 15.4 Å². The summed E-state index contributed by atoms with van der Waals surface area (Å²) in [7, 11) is 1.36. The fourth-order valence-corrected chi connectivity index (χ4v) is 5.29. The van der Waals surface area contributed by atoms with Crippen molar-refractivity contribution in [3.63, 3.8) is 0 Å². The Balaban J connectivity index is 1.73. The lowest BCUT2D eigenvalue weighted by atomic mass is 9.95. The third-order valence-electron chi connectivity index (χ3n) is 4.57. The number of carbonyl (C=O) groups excluding carboxylic acids is 2. The molecule has 1 heterocycles. The van der Waals surface area contributed by atoms with Crippen LogP contribution in [-0.2, 0) is 17.6 Å². The van der Waals surface area contributed by atoms with E-state index in [4.69, 9.17) is 21.7 Å². The molecule has 0 spiro atoms. The number of anilines is 1. The zero-order valence-corrected chi connectivity index (χ0v) is 20.2. The van der Waals surface area contributed by atoms with E-state index >= 15 is 0 Å². The summed E-state index contributed by atoms with van der Waals surface area (Å²) in [6, 6.07) is 5.09. The molecule has 6 nitrogen and oxygen atoms in total. The van der Waals surface area contributed by atoms with Gasteiger partial charge in [0.25, 0.3) is 5.91 Å². The number of aryl methyl sites for hydroxylation is 1. The van der Waals surface area contributed by atoms with Gasteiger partial charge in [-0.05, 0) is 91.4 Å². The van der Waals surface area contributed by atoms with Crippen molar-refractivity contribution in [1.29, 1.82) is 0 Å². The van der Waals surface area contributed by atoms with Gasteiger partial charge >= 0.3 is 5.97 Å². The van der Waals surface area contributed by atoms with Crippen LogP contribution in [0, 0.1) is 0 Å². The molecule has 9 heteroatoms. The van der Waals surface area contributed by atoms with Crippen LogP contribution in [0.2, 0.25) is 0 Å².